The fraction of sp³-hybridized carbons (Fsp3) is 0.476. The van der Waals surface area contributed by atoms with Gasteiger partial charge in [-0.3, -0.25) is 19.9 Å². The molecule has 3 aromatic carbocycles. The van der Waals surface area contributed by atoms with Crippen LogP contribution in [0.1, 0.15) is 82.3 Å². The molecular weight excluding hydrogens is 755 g/mol. The Hall–Kier alpha value is -4.51. The maximum absolute atomic E-state index is 15.0. The first-order chi connectivity index (χ1) is 27.3. The van der Waals surface area contributed by atoms with E-state index in [1.807, 2.05) is 38.1 Å². The number of fused-ring (bicyclic) bond motifs is 11. The van der Waals surface area contributed by atoms with Crippen molar-refractivity contribution in [2.24, 2.45) is 0 Å². The van der Waals surface area contributed by atoms with Crippen LogP contribution in [-0.2, 0) is 31.8 Å². The van der Waals surface area contributed by atoms with Crippen LogP contribution in [0.3, 0.4) is 0 Å². The number of hydrogen-bond acceptors (Lipinski definition) is 15. The number of aromatic hydroxyl groups is 1. The zero-order valence-corrected chi connectivity index (χ0v) is 33.0. The van der Waals surface area contributed by atoms with Gasteiger partial charge in [0.2, 0.25) is 6.79 Å². The quantitative estimate of drug-likeness (QED) is 0.171. The number of benzene rings is 3. The Morgan fingerprint density at radius 3 is 2.67 bits per heavy atom. The minimum atomic E-state index is -1.53. The van der Waals surface area contributed by atoms with Crippen molar-refractivity contribution in [3.05, 3.63) is 75.0 Å². The number of piperazine rings is 1. The monoisotopic (exact) mass is 797 g/mol. The number of aryl methyl sites for hydroxylation is 1. The summed E-state index contributed by atoms with van der Waals surface area (Å²) in [5, 5.41) is 39.7. The number of aliphatic hydroxyl groups is 2. The van der Waals surface area contributed by atoms with Gasteiger partial charge in [-0.1, -0.05) is 18.2 Å². The SMILES string of the molecule is COc1c(C)cc2c(c1O)[C@@H]1[C@@H]3[C@@H]4SC[C@]5(N[C@H](CO)Cc6c5oc5ccccc65)C(=O)OC[C@@H](c5c6c(c(C)c(OC(C)=O)c54)OCO6)N3[C@]3(O)CN1C2(C)C3. The molecule has 9 heterocycles. The fourth-order valence-corrected chi connectivity index (χ4v) is 13.3. The number of carbonyl (C=O) groups excluding carboxylic acids is 2. The first-order valence-electron chi connectivity index (χ1n) is 19.4. The van der Waals surface area contributed by atoms with Crippen LogP contribution in [0.2, 0.25) is 0 Å². The number of ether oxygens (including phenoxy) is 5. The van der Waals surface area contributed by atoms with Crippen molar-refractivity contribution in [3.63, 3.8) is 0 Å². The van der Waals surface area contributed by atoms with Crippen LogP contribution in [0.25, 0.3) is 11.0 Å². The molecule has 0 radical (unpaired) electrons. The molecular formula is C42H43N3O11S. The summed E-state index contributed by atoms with van der Waals surface area (Å²) in [5.41, 5.74) is 2.13. The lowest BCUT2D eigenvalue weighted by Crippen LogP contribution is -2.67. The lowest BCUT2D eigenvalue weighted by molar-refractivity contribution is -0.196. The highest BCUT2D eigenvalue weighted by molar-refractivity contribution is 7.99. The zero-order valence-electron chi connectivity index (χ0n) is 32.1. The minimum absolute atomic E-state index is 0.0494. The third kappa shape index (κ3) is 4.39. The standard InChI is InChI=1S/C42H43N3O11S/c1-18-10-24-27(32(48)33(18)51-5)30-31-37-29-28(36-35(53-17-54-36)19(2)34(29)55-20(3)47)25(45(31)41(50)14-40(24,4)44(30)15-41)13-52-39(49)42(16-57-37)38-23(11-21(12-46)43-42)22-8-6-7-9-26(22)56-38/h6-10,21,25,30-31,37,43,46,48,50H,11-17H2,1-5H3/t21-,25-,30+,31+,37+,40?,41+,42+/m0/s1. The van der Waals surface area contributed by atoms with Crippen LogP contribution in [0.15, 0.2) is 34.7 Å². The van der Waals surface area contributed by atoms with E-state index in [0.29, 0.717) is 63.9 Å². The van der Waals surface area contributed by atoms with Gasteiger partial charge in [-0.05, 0) is 50.5 Å². The number of carbonyl (C=O) groups is 2. The highest BCUT2D eigenvalue weighted by Crippen LogP contribution is 2.71. The van der Waals surface area contributed by atoms with Crippen molar-refractivity contribution in [2.45, 2.75) is 86.8 Å². The number of phenolic OH excluding ortho intramolecular Hbond substituents is 1. The molecule has 14 nitrogen and oxygen atoms in total. The summed E-state index contributed by atoms with van der Waals surface area (Å²) in [6, 6.07) is 7.33. The van der Waals surface area contributed by atoms with E-state index in [1.165, 1.54) is 18.7 Å². The molecule has 0 aliphatic carbocycles. The Morgan fingerprint density at radius 1 is 1.11 bits per heavy atom. The Balaban J connectivity index is 1.19. The molecule has 4 aromatic rings. The molecule has 1 aromatic heterocycles. The van der Waals surface area contributed by atoms with Crippen molar-refractivity contribution in [2.75, 3.05) is 39.4 Å². The summed E-state index contributed by atoms with van der Waals surface area (Å²) < 4.78 is 37.3. The van der Waals surface area contributed by atoms with Gasteiger partial charge in [0, 0.05) is 76.5 Å². The summed E-state index contributed by atoms with van der Waals surface area (Å²) in [7, 11) is 1.55. The first-order valence-corrected chi connectivity index (χ1v) is 20.4. The highest BCUT2D eigenvalue weighted by Gasteiger charge is 2.72. The van der Waals surface area contributed by atoms with Crippen molar-refractivity contribution < 1.29 is 53.0 Å². The van der Waals surface area contributed by atoms with Crippen LogP contribution in [0.4, 0.5) is 0 Å². The number of nitrogens with zero attached hydrogens (tertiary/aromatic N) is 2. The minimum Gasteiger partial charge on any atom is -0.504 e. The third-order valence-electron chi connectivity index (χ3n) is 13.7. The topological polar surface area (TPSA) is 173 Å². The van der Waals surface area contributed by atoms with E-state index in [4.69, 9.17) is 28.1 Å². The summed E-state index contributed by atoms with van der Waals surface area (Å²) >= 11 is 1.45. The molecule has 8 aliphatic rings. The van der Waals surface area contributed by atoms with Crippen LogP contribution in [0, 0.1) is 13.8 Å². The van der Waals surface area contributed by atoms with E-state index in [9.17, 15) is 24.9 Å². The molecule has 4 bridgehead atoms. The number of methoxy groups -OCH3 is 1. The number of hydrogen-bond donors (Lipinski definition) is 4. The molecule has 8 aliphatic heterocycles. The van der Waals surface area contributed by atoms with E-state index in [-0.39, 0.29) is 38.1 Å². The molecule has 3 fully saturated rings. The van der Waals surface area contributed by atoms with E-state index < -0.39 is 58.2 Å². The Morgan fingerprint density at radius 2 is 1.89 bits per heavy atom. The van der Waals surface area contributed by atoms with Gasteiger partial charge in [0.15, 0.2) is 28.5 Å². The summed E-state index contributed by atoms with van der Waals surface area (Å²) in [5.74, 6) is 1.05. The molecule has 12 rings (SSSR count). The average molecular weight is 798 g/mol. The number of para-hydroxylation sites is 1. The molecule has 298 valence electrons. The van der Waals surface area contributed by atoms with E-state index in [0.717, 1.165) is 27.6 Å². The Labute approximate surface area is 331 Å². The molecule has 4 N–H and O–H groups in total. The van der Waals surface area contributed by atoms with Crippen LogP contribution >= 0.6 is 11.8 Å². The number of furan rings is 1. The number of rotatable bonds is 3. The summed E-state index contributed by atoms with van der Waals surface area (Å²) in [4.78, 5) is 32.4. The molecule has 1 unspecified atom stereocenters. The van der Waals surface area contributed by atoms with Crippen molar-refractivity contribution in [1.29, 1.82) is 0 Å². The molecule has 0 amide bonds. The fourth-order valence-electron chi connectivity index (χ4n) is 11.7. The largest absolute Gasteiger partial charge is 0.504 e. The second-order valence-corrected chi connectivity index (χ2v) is 17.9. The van der Waals surface area contributed by atoms with Crippen LogP contribution < -0.4 is 24.3 Å². The first kappa shape index (κ1) is 35.6. The number of thioether (sulfide) groups is 1. The summed E-state index contributed by atoms with van der Waals surface area (Å²) in [6.45, 7) is 6.94. The smallest absolute Gasteiger partial charge is 0.335 e. The lowest BCUT2D eigenvalue weighted by atomic mass is 9.75. The van der Waals surface area contributed by atoms with Crippen molar-refractivity contribution in [3.8, 4) is 28.7 Å². The van der Waals surface area contributed by atoms with E-state index in [2.05, 4.69) is 28.1 Å². The highest BCUT2D eigenvalue weighted by atomic mass is 32.2. The zero-order chi connectivity index (χ0) is 39.5. The number of aliphatic hydroxyl groups excluding tert-OH is 1. The Bertz CT molecular complexity index is 2470. The van der Waals surface area contributed by atoms with Crippen LogP contribution in [-0.4, -0.2) is 94.3 Å². The predicted octanol–water partition coefficient (Wildman–Crippen LogP) is 4.25. The maximum atomic E-state index is 15.0. The summed E-state index contributed by atoms with van der Waals surface area (Å²) in [6.07, 6.45) is 0.740. The average Bonchev–Trinajstić information content (AvgIpc) is 3.93. The molecule has 3 saturated heterocycles. The normalized spacial score (nSPS) is 33.2. The second kappa shape index (κ2) is 11.8. The van der Waals surface area contributed by atoms with E-state index >= 15 is 0 Å². The predicted molar refractivity (Wildman–Crippen MR) is 205 cm³/mol. The van der Waals surface area contributed by atoms with Gasteiger partial charge in [-0.15, -0.1) is 11.8 Å². The maximum Gasteiger partial charge on any atom is 0.335 e. The van der Waals surface area contributed by atoms with Gasteiger partial charge in [-0.25, -0.2) is 4.79 Å². The number of phenols is 1. The molecule has 8 atom stereocenters. The van der Waals surface area contributed by atoms with Gasteiger partial charge in [0.25, 0.3) is 0 Å². The molecule has 0 saturated carbocycles. The molecule has 57 heavy (non-hydrogen) atoms. The van der Waals surface area contributed by atoms with E-state index in [1.54, 1.807) is 7.11 Å². The number of esters is 2. The lowest BCUT2D eigenvalue weighted by Gasteiger charge is -2.59. The van der Waals surface area contributed by atoms with Gasteiger partial charge >= 0.3 is 11.9 Å². The van der Waals surface area contributed by atoms with Gasteiger partial charge in [0.05, 0.1) is 31.1 Å². The third-order valence-corrected chi connectivity index (χ3v) is 15.2. The van der Waals surface area contributed by atoms with Gasteiger partial charge in [-0.2, -0.15) is 0 Å². The Kier molecular flexibility index (Phi) is 7.37. The van der Waals surface area contributed by atoms with Crippen molar-refractivity contribution in [1.82, 2.24) is 15.1 Å². The number of nitrogens with one attached hydrogen (secondary N) is 1. The van der Waals surface area contributed by atoms with Gasteiger partial charge in [0.1, 0.15) is 29.4 Å². The second-order valence-electron chi connectivity index (χ2n) is 16.8. The van der Waals surface area contributed by atoms with Crippen molar-refractivity contribution >= 4 is 34.7 Å². The van der Waals surface area contributed by atoms with Crippen LogP contribution in [0.5, 0.6) is 28.7 Å². The molecule has 1 spiro atoms. The van der Waals surface area contributed by atoms with Gasteiger partial charge < -0.3 is 43.4 Å². The molecule has 15 heteroatoms.